The van der Waals surface area contributed by atoms with Gasteiger partial charge in [0.1, 0.15) is 11.3 Å². The van der Waals surface area contributed by atoms with Crippen LogP contribution in [0.2, 0.25) is 5.02 Å². The molecule has 3 nitrogen and oxygen atoms in total. The molecule has 0 amide bonds. The molecular weight excluding hydrogens is 252 g/mol. The highest BCUT2D eigenvalue weighted by atomic mass is 35.5. The molecule has 0 aromatic heterocycles. The van der Waals surface area contributed by atoms with Crippen molar-refractivity contribution in [2.24, 2.45) is 5.92 Å². The van der Waals surface area contributed by atoms with Crippen LogP contribution in [0.5, 0.6) is 5.75 Å². The van der Waals surface area contributed by atoms with E-state index in [-0.39, 0.29) is 10.6 Å². The van der Waals surface area contributed by atoms with Gasteiger partial charge in [0.05, 0.1) is 11.6 Å². The Morgan fingerprint density at radius 2 is 2.06 bits per heavy atom. The van der Waals surface area contributed by atoms with Crippen LogP contribution in [0.4, 0.5) is 0 Å². The van der Waals surface area contributed by atoms with E-state index in [1.165, 1.54) is 32.1 Å². The molecule has 0 heterocycles. The maximum Gasteiger partial charge on any atom is 0.341 e. The zero-order valence-corrected chi connectivity index (χ0v) is 10.9. The molecular formula is C14H17ClO3. The topological polar surface area (TPSA) is 46.5 Å². The molecule has 1 aliphatic carbocycles. The zero-order chi connectivity index (χ0) is 13.0. The molecule has 1 aromatic rings. The van der Waals surface area contributed by atoms with E-state index in [1.54, 1.807) is 18.2 Å². The predicted molar refractivity (Wildman–Crippen MR) is 70.5 cm³/mol. The lowest BCUT2D eigenvalue weighted by Gasteiger charge is -2.22. The van der Waals surface area contributed by atoms with Crippen molar-refractivity contribution in [2.75, 3.05) is 6.61 Å². The molecule has 4 heteroatoms. The minimum absolute atomic E-state index is 0.0648. The third-order valence-corrected chi connectivity index (χ3v) is 3.70. The van der Waals surface area contributed by atoms with Crippen LogP contribution in [-0.4, -0.2) is 17.7 Å². The van der Waals surface area contributed by atoms with E-state index in [0.29, 0.717) is 18.3 Å². The maximum absolute atomic E-state index is 11.1. The van der Waals surface area contributed by atoms with Crippen molar-refractivity contribution in [3.63, 3.8) is 0 Å². The van der Waals surface area contributed by atoms with Gasteiger partial charge < -0.3 is 9.84 Å². The van der Waals surface area contributed by atoms with Crippen LogP contribution in [0.1, 0.15) is 42.5 Å². The number of halogens is 1. The molecule has 0 radical (unpaired) electrons. The highest BCUT2D eigenvalue weighted by Crippen LogP contribution is 2.29. The molecule has 0 unspecified atom stereocenters. The van der Waals surface area contributed by atoms with Crippen molar-refractivity contribution >= 4 is 17.6 Å². The fourth-order valence-corrected chi connectivity index (χ4v) is 2.64. The van der Waals surface area contributed by atoms with Crippen molar-refractivity contribution < 1.29 is 14.6 Å². The standard InChI is InChI=1S/C14H17ClO3/c15-11-7-4-8-12(13(11)14(16)17)18-9-10-5-2-1-3-6-10/h4,7-8,10H,1-3,5-6,9H2,(H,16,17). The minimum atomic E-state index is -1.04. The molecule has 1 saturated carbocycles. The van der Waals surface area contributed by atoms with Gasteiger partial charge in [0.25, 0.3) is 0 Å². The highest BCUT2D eigenvalue weighted by molar-refractivity contribution is 6.33. The van der Waals surface area contributed by atoms with Crippen LogP contribution < -0.4 is 4.74 Å². The predicted octanol–water partition coefficient (Wildman–Crippen LogP) is 4.00. The summed E-state index contributed by atoms with van der Waals surface area (Å²) < 4.78 is 5.65. The molecule has 1 N–H and O–H groups in total. The first kappa shape index (κ1) is 13.2. The Labute approximate surface area is 112 Å². The second-order valence-corrected chi connectivity index (χ2v) is 5.14. The molecule has 1 aromatic carbocycles. The van der Waals surface area contributed by atoms with Gasteiger partial charge in [-0.25, -0.2) is 4.79 Å². The maximum atomic E-state index is 11.1. The number of ether oxygens (including phenoxy) is 1. The van der Waals surface area contributed by atoms with Crippen molar-refractivity contribution in [3.05, 3.63) is 28.8 Å². The summed E-state index contributed by atoms with van der Waals surface area (Å²) in [7, 11) is 0. The van der Waals surface area contributed by atoms with E-state index in [4.69, 9.17) is 21.4 Å². The number of aromatic carboxylic acids is 1. The van der Waals surface area contributed by atoms with Gasteiger partial charge in [-0.15, -0.1) is 0 Å². The van der Waals surface area contributed by atoms with Crippen LogP contribution >= 0.6 is 11.6 Å². The normalized spacial score (nSPS) is 16.5. The molecule has 0 saturated heterocycles. The zero-order valence-electron chi connectivity index (χ0n) is 10.2. The van der Waals surface area contributed by atoms with Gasteiger partial charge in [0.15, 0.2) is 0 Å². The van der Waals surface area contributed by atoms with Crippen LogP contribution in [0, 0.1) is 5.92 Å². The minimum Gasteiger partial charge on any atom is -0.492 e. The first-order valence-electron chi connectivity index (χ1n) is 6.33. The van der Waals surface area contributed by atoms with Gasteiger partial charge in [0, 0.05) is 0 Å². The number of benzene rings is 1. The van der Waals surface area contributed by atoms with Gasteiger partial charge in [-0.2, -0.15) is 0 Å². The van der Waals surface area contributed by atoms with Crippen LogP contribution in [-0.2, 0) is 0 Å². The smallest absolute Gasteiger partial charge is 0.341 e. The lowest BCUT2D eigenvalue weighted by atomic mass is 9.90. The van der Waals surface area contributed by atoms with Crippen molar-refractivity contribution in [1.82, 2.24) is 0 Å². The second kappa shape index (κ2) is 6.10. The quantitative estimate of drug-likeness (QED) is 0.898. The van der Waals surface area contributed by atoms with E-state index < -0.39 is 5.97 Å². The summed E-state index contributed by atoms with van der Waals surface area (Å²) >= 11 is 5.89. The van der Waals surface area contributed by atoms with E-state index in [1.807, 2.05) is 0 Å². The highest BCUT2D eigenvalue weighted by Gasteiger charge is 2.18. The Morgan fingerprint density at radius 3 is 2.72 bits per heavy atom. The fraction of sp³-hybridized carbons (Fsp3) is 0.500. The lowest BCUT2D eigenvalue weighted by molar-refractivity contribution is 0.0691. The van der Waals surface area contributed by atoms with Gasteiger partial charge in [-0.3, -0.25) is 0 Å². The van der Waals surface area contributed by atoms with Gasteiger partial charge in [-0.1, -0.05) is 36.9 Å². The van der Waals surface area contributed by atoms with Crippen LogP contribution in [0.3, 0.4) is 0 Å². The average molecular weight is 269 g/mol. The van der Waals surface area contributed by atoms with Gasteiger partial charge >= 0.3 is 5.97 Å². The Kier molecular flexibility index (Phi) is 4.48. The number of rotatable bonds is 4. The molecule has 2 rings (SSSR count). The van der Waals surface area contributed by atoms with Crippen molar-refractivity contribution in [2.45, 2.75) is 32.1 Å². The Balaban J connectivity index is 2.04. The first-order valence-corrected chi connectivity index (χ1v) is 6.71. The molecule has 0 atom stereocenters. The number of carbonyl (C=O) groups is 1. The second-order valence-electron chi connectivity index (χ2n) is 4.73. The molecule has 1 fully saturated rings. The molecule has 18 heavy (non-hydrogen) atoms. The van der Waals surface area contributed by atoms with E-state index in [0.717, 1.165) is 0 Å². The van der Waals surface area contributed by atoms with Crippen LogP contribution in [0.25, 0.3) is 0 Å². The molecule has 0 spiro atoms. The number of carboxylic acid groups (broad SMARTS) is 1. The van der Waals surface area contributed by atoms with E-state index >= 15 is 0 Å². The summed E-state index contributed by atoms with van der Waals surface area (Å²) in [5.41, 5.74) is 0.0648. The van der Waals surface area contributed by atoms with Crippen molar-refractivity contribution in [3.8, 4) is 5.75 Å². The SMILES string of the molecule is O=C(O)c1c(Cl)cccc1OCC1CCCCC1. The fourth-order valence-electron chi connectivity index (χ4n) is 2.39. The summed E-state index contributed by atoms with van der Waals surface area (Å²) in [6.45, 7) is 0.584. The largest absolute Gasteiger partial charge is 0.492 e. The summed E-state index contributed by atoms with van der Waals surface area (Å²) in [5, 5.41) is 9.34. The third-order valence-electron chi connectivity index (χ3n) is 3.39. The monoisotopic (exact) mass is 268 g/mol. The Hall–Kier alpha value is -1.22. The van der Waals surface area contributed by atoms with Crippen LogP contribution in [0.15, 0.2) is 18.2 Å². The number of hydrogen-bond acceptors (Lipinski definition) is 2. The Bertz CT molecular complexity index is 425. The van der Waals surface area contributed by atoms with Gasteiger partial charge in [-0.05, 0) is 30.9 Å². The summed E-state index contributed by atoms with van der Waals surface area (Å²) in [4.78, 5) is 11.1. The Morgan fingerprint density at radius 1 is 1.33 bits per heavy atom. The summed E-state index contributed by atoms with van der Waals surface area (Å²) in [5.74, 6) is -0.126. The van der Waals surface area contributed by atoms with Gasteiger partial charge in [0.2, 0.25) is 0 Å². The summed E-state index contributed by atoms with van der Waals surface area (Å²) in [6.07, 6.45) is 6.13. The van der Waals surface area contributed by atoms with E-state index in [2.05, 4.69) is 0 Å². The number of carboxylic acids is 1. The first-order chi connectivity index (χ1) is 8.68. The average Bonchev–Trinajstić information content (AvgIpc) is 2.37. The molecule has 98 valence electrons. The molecule has 1 aliphatic rings. The molecule has 0 bridgehead atoms. The summed E-state index contributed by atoms with van der Waals surface area (Å²) in [6, 6.07) is 4.95. The van der Waals surface area contributed by atoms with E-state index in [9.17, 15) is 4.79 Å². The van der Waals surface area contributed by atoms with Crippen molar-refractivity contribution in [1.29, 1.82) is 0 Å². The number of hydrogen-bond donors (Lipinski definition) is 1. The lowest BCUT2D eigenvalue weighted by Crippen LogP contribution is -2.16. The molecule has 0 aliphatic heterocycles. The third kappa shape index (κ3) is 3.16.